The molecule has 4 aromatic rings. The van der Waals surface area contributed by atoms with Crippen LogP contribution >= 0.6 is 11.6 Å². The number of carbonyl (C=O) groups is 1. The quantitative estimate of drug-likeness (QED) is 0.449. The number of aromatic hydroxyl groups is 1. The van der Waals surface area contributed by atoms with Gasteiger partial charge < -0.3 is 10.0 Å². The molecular weight excluding hydrogens is 420 g/mol. The Morgan fingerprint density at radius 1 is 0.938 bits per heavy atom. The highest BCUT2D eigenvalue weighted by Crippen LogP contribution is 2.31. The van der Waals surface area contributed by atoms with E-state index in [1.807, 2.05) is 36.4 Å². The van der Waals surface area contributed by atoms with Gasteiger partial charge in [-0.3, -0.25) is 9.79 Å². The van der Waals surface area contributed by atoms with E-state index in [-0.39, 0.29) is 11.7 Å². The van der Waals surface area contributed by atoms with Gasteiger partial charge in [-0.05, 0) is 58.8 Å². The summed E-state index contributed by atoms with van der Waals surface area (Å²) in [4.78, 5) is 20.0. The number of phenols is 1. The standard InChI is InChI=1S/C27H21ClN2O2/c1-30-25-13-10-21(28)16-23(25)26(19-8-11-22(31)12-9-19)29-24(27(30)32)15-17-6-7-18-4-2-3-5-20(18)14-17/h2-14,16,24,31H,15H2,1H3. The predicted molar refractivity (Wildman–Crippen MR) is 130 cm³/mol. The molecule has 1 heterocycles. The Labute approximate surface area is 191 Å². The van der Waals surface area contributed by atoms with Gasteiger partial charge in [0.25, 0.3) is 5.91 Å². The largest absolute Gasteiger partial charge is 0.508 e. The Morgan fingerprint density at radius 2 is 1.69 bits per heavy atom. The number of benzene rings is 4. The van der Waals surface area contributed by atoms with E-state index in [2.05, 4.69) is 30.3 Å². The number of anilines is 1. The molecule has 1 unspecified atom stereocenters. The SMILES string of the molecule is CN1C(=O)C(Cc2ccc3ccccc3c2)N=C(c2ccc(O)cc2)c2cc(Cl)ccc21. The number of phenolic OH excluding ortho intramolecular Hbond substituents is 1. The van der Waals surface area contributed by atoms with Gasteiger partial charge in [0.15, 0.2) is 0 Å². The number of halogens is 1. The van der Waals surface area contributed by atoms with Crippen LogP contribution in [0.2, 0.25) is 5.02 Å². The molecule has 0 aromatic heterocycles. The van der Waals surface area contributed by atoms with Crippen molar-refractivity contribution in [2.75, 3.05) is 11.9 Å². The number of hydrogen-bond acceptors (Lipinski definition) is 3. The molecule has 0 saturated carbocycles. The van der Waals surface area contributed by atoms with Crippen molar-refractivity contribution < 1.29 is 9.90 Å². The van der Waals surface area contributed by atoms with Crippen molar-refractivity contribution in [2.45, 2.75) is 12.5 Å². The molecule has 1 aliphatic rings. The number of nitrogens with zero attached hydrogens (tertiary/aromatic N) is 2. The van der Waals surface area contributed by atoms with Crippen LogP contribution in [0.4, 0.5) is 5.69 Å². The van der Waals surface area contributed by atoms with Crippen LogP contribution in [0.3, 0.4) is 0 Å². The fourth-order valence-corrected chi connectivity index (χ4v) is 4.36. The highest BCUT2D eigenvalue weighted by molar-refractivity contribution is 6.32. The van der Waals surface area contributed by atoms with Gasteiger partial charge >= 0.3 is 0 Å². The van der Waals surface area contributed by atoms with Crippen molar-refractivity contribution in [1.29, 1.82) is 0 Å². The minimum Gasteiger partial charge on any atom is -0.508 e. The number of benzodiazepines with no additional fused rings is 1. The van der Waals surface area contributed by atoms with Gasteiger partial charge in [0, 0.05) is 29.6 Å². The highest BCUT2D eigenvalue weighted by atomic mass is 35.5. The zero-order valence-corrected chi connectivity index (χ0v) is 18.3. The average Bonchev–Trinajstić information content (AvgIpc) is 2.90. The molecule has 158 valence electrons. The lowest BCUT2D eigenvalue weighted by Crippen LogP contribution is -2.36. The van der Waals surface area contributed by atoms with Gasteiger partial charge in [-0.25, -0.2) is 0 Å². The van der Waals surface area contributed by atoms with E-state index < -0.39 is 6.04 Å². The maximum atomic E-state index is 13.4. The van der Waals surface area contributed by atoms with E-state index in [0.29, 0.717) is 17.2 Å². The average molecular weight is 441 g/mol. The molecule has 5 heteroatoms. The monoisotopic (exact) mass is 440 g/mol. The maximum Gasteiger partial charge on any atom is 0.251 e. The summed E-state index contributed by atoms with van der Waals surface area (Å²) >= 11 is 6.32. The van der Waals surface area contributed by atoms with Crippen LogP contribution in [0, 0.1) is 0 Å². The number of amides is 1. The summed E-state index contributed by atoms with van der Waals surface area (Å²) in [6.45, 7) is 0. The van der Waals surface area contributed by atoms with Gasteiger partial charge in [-0.15, -0.1) is 0 Å². The summed E-state index contributed by atoms with van der Waals surface area (Å²) in [7, 11) is 1.78. The predicted octanol–water partition coefficient (Wildman–Crippen LogP) is 5.62. The molecule has 1 N–H and O–H groups in total. The number of carbonyl (C=O) groups excluding carboxylic acids is 1. The second-order valence-electron chi connectivity index (χ2n) is 7.98. The van der Waals surface area contributed by atoms with Crippen molar-refractivity contribution in [3.8, 4) is 5.75 Å². The summed E-state index contributed by atoms with van der Waals surface area (Å²) in [6.07, 6.45) is 0.483. The minimum absolute atomic E-state index is 0.0736. The molecule has 0 spiro atoms. The Balaban J connectivity index is 1.63. The van der Waals surface area contributed by atoms with Gasteiger partial charge in [0.1, 0.15) is 11.8 Å². The first-order valence-corrected chi connectivity index (χ1v) is 10.8. The number of rotatable bonds is 3. The normalized spacial score (nSPS) is 15.9. The third-order valence-electron chi connectivity index (χ3n) is 5.86. The van der Waals surface area contributed by atoms with Crippen LogP contribution in [-0.2, 0) is 11.2 Å². The zero-order chi connectivity index (χ0) is 22.2. The van der Waals surface area contributed by atoms with Crippen molar-refractivity contribution in [3.05, 3.63) is 107 Å². The second-order valence-corrected chi connectivity index (χ2v) is 8.42. The van der Waals surface area contributed by atoms with Crippen LogP contribution < -0.4 is 4.90 Å². The minimum atomic E-state index is -0.587. The first-order chi connectivity index (χ1) is 15.5. The molecule has 1 atom stereocenters. The summed E-state index contributed by atoms with van der Waals surface area (Å²) in [5.41, 5.74) is 4.10. The van der Waals surface area contributed by atoms with Gasteiger partial charge in [0.2, 0.25) is 0 Å². The molecule has 5 rings (SSSR count). The van der Waals surface area contributed by atoms with Crippen LogP contribution in [0.25, 0.3) is 10.8 Å². The number of hydrogen-bond donors (Lipinski definition) is 1. The van der Waals surface area contributed by atoms with Gasteiger partial charge in [-0.1, -0.05) is 54.1 Å². The molecule has 32 heavy (non-hydrogen) atoms. The Bertz CT molecular complexity index is 1360. The van der Waals surface area contributed by atoms with Crippen molar-refractivity contribution >= 4 is 39.7 Å². The molecule has 1 amide bonds. The fraction of sp³-hybridized carbons (Fsp3) is 0.111. The summed E-state index contributed by atoms with van der Waals surface area (Å²) in [5, 5.41) is 12.6. The number of aliphatic imine (C=N–C) groups is 1. The van der Waals surface area contributed by atoms with Gasteiger partial charge in [-0.2, -0.15) is 0 Å². The molecule has 0 fully saturated rings. The Hall–Kier alpha value is -3.63. The lowest BCUT2D eigenvalue weighted by atomic mass is 9.99. The van der Waals surface area contributed by atoms with E-state index >= 15 is 0 Å². The van der Waals surface area contributed by atoms with Crippen molar-refractivity contribution in [3.63, 3.8) is 0 Å². The molecular formula is C27H21ClN2O2. The molecule has 1 aliphatic heterocycles. The topological polar surface area (TPSA) is 52.9 Å². The van der Waals surface area contributed by atoms with E-state index in [4.69, 9.17) is 16.6 Å². The second kappa shape index (κ2) is 8.13. The summed E-state index contributed by atoms with van der Waals surface area (Å²) < 4.78 is 0. The molecule has 0 bridgehead atoms. The third-order valence-corrected chi connectivity index (χ3v) is 6.09. The third kappa shape index (κ3) is 3.74. The van der Waals surface area contributed by atoms with Gasteiger partial charge in [0.05, 0.1) is 11.4 Å². The Morgan fingerprint density at radius 3 is 2.47 bits per heavy atom. The van der Waals surface area contributed by atoms with E-state index in [0.717, 1.165) is 33.2 Å². The van der Waals surface area contributed by atoms with Crippen molar-refractivity contribution in [1.82, 2.24) is 0 Å². The van der Waals surface area contributed by atoms with Crippen LogP contribution in [0.1, 0.15) is 16.7 Å². The van der Waals surface area contributed by atoms with E-state index in [1.54, 1.807) is 30.1 Å². The summed E-state index contributed by atoms with van der Waals surface area (Å²) in [6, 6.07) is 26.2. The van der Waals surface area contributed by atoms with Crippen molar-refractivity contribution in [2.24, 2.45) is 4.99 Å². The molecule has 4 nitrogen and oxygen atoms in total. The molecule has 0 saturated heterocycles. The molecule has 4 aromatic carbocycles. The fourth-order valence-electron chi connectivity index (χ4n) is 4.18. The van der Waals surface area contributed by atoms with Crippen LogP contribution in [0.5, 0.6) is 5.75 Å². The van der Waals surface area contributed by atoms with E-state index in [1.165, 1.54) is 0 Å². The van der Waals surface area contributed by atoms with Crippen LogP contribution in [0.15, 0.2) is 89.9 Å². The maximum absolute atomic E-state index is 13.4. The summed E-state index contributed by atoms with van der Waals surface area (Å²) in [5.74, 6) is 0.103. The highest BCUT2D eigenvalue weighted by Gasteiger charge is 2.30. The number of fused-ring (bicyclic) bond motifs is 2. The smallest absolute Gasteiger partial charge is 0.251 e. The first kappa shape index (κ1) is 20.3. The first-order valence-electron chi connectivity index (χ1n) is 10.4. The lowest BCUT2D eigenvalue weighted by Gasteiger charge is -2.20. The Kier molecular flexibility index (Phi) is 5.16. The molecule has 0 radical (unpaired) electrons. The zero-order valence-electron chi connectivity index (χ0n) is 17.5. The molecule has 0 aliphatic carbocycles. The number of likely N-dealkylation sites (N-methyl/N-ethyl adjacent to an activating group) is 1. The van der Waals surface area contributed by atoms with Crippen LogP contribution in [-0.4, -0.2) is 29.8 Å². The van der Waals surface area contributed by atoms with E-state index in [9.17, 15) is 9.90 Å². The lowest BCUT2D eigenvalue weighted by molar-refractivity contribution is -0.119.